The van der Waals surface area contributed by atoms with E-state index in [0.717, 1.165) is 63.4 Å². The predicted octanol–water partition coefficient (Wildman–Crippen LogP) is 2.67. The number of nitrogens with zero attached hydrogens (tertiary/aromatic N) is 5. The Hall–Kier alpha value is -0.900. The van der Waals surface area contributed by atoms with Crippen LogP contribution < -0.4 is 10.6 Å². The lowest BCUT2D eigenvalue weighted by Gasteiger charge is -2.31. The van der Waals surface area contributed by atoms with Crippen LogP contribution in [0, 0.1) is 0 Å². The van der Waals surface area contributed by atoms with Gasteiger partial charge in [-0.1, -0.05) is 26.2 Å². The molecule has 8 heteroatoms. The summed E-state index contributed by atoms with van der Waals surface area (Å²) in [6.45, 7) is 8.74. The Labute approximate surface area is 181 Å². The minimum atomic E-state index is 0. The minimum absolute atomic E-state index is 0. The quantitative estimate of drug-likeness (QED) is 0.228. The maximum absolute atomic E-state index is 4.72. The molecule has 0 aromatic carbocycles. The van der Waals surface area contributed by atoms with Gasteiger partial charge in [-0.05, 0) is 39.8 Å². The number of aliphatic imine (C=N–C) groups is 1. The van der Waals surface area contributed by atoms with Crippen LogP contribution in [0.2, 0.25) is 0 Å². The highest BCUT2D eigenvalue weighted by atomic mass is 127. The number of nitrogens with one attached hydrogen (secondary N) is 2. The maximum atomic E-state index is 4.72. The van der Waals surface area contributed by atoms with Crippen LogP contribution in [0.15, 0.2) is 11.3 Å². The molecule has 0 saturated heterocycles. The molecule has 0 amide bonds. The smallest absolute Gasteiger partial charge is 0.191 e. The number of hydrogen-bond acceptors (Lipinski definition) is 4. The number of hydrogen-bond donors (Lipinski definition) is 2. The van der Waals surface area contributed by atoms with E-state index >= 15 is 0 Å². The first-order chi connectivity index (χ1) is 12.7. The van der Waals surface area contributed by atoms with E-state index in [2.05, 4.69) is 51.2 Å². The highest BCUT2D eigenvalue weighted by Gasteiger charge is 2.17. The van der Waals surface area contributed by atoms with Crippen molar-refractivity contribution in [1.29, 1.82) is 0 Å². The van der Waals surface area contributed by atoms with Crippen LogP contribution in [-0.4, -0.2) is 64.9 Å². The van der Waals surface area contributed by atoms with E-state index in [1.165, 1.54) is 32.1 Å². The molecule has 2 rings (SSSR count). The number of aromatic nitrogens is 3. The van der Waals surface area contributed by atoms with Crippen LogP contribution in [0.5, 0.6) is 0 Å². The molecule has 0 aliphatic heterocycles. The lowest BCUT2D eigenvalue weighted by atomic mass is 9.94. The van der Waals surface area contributed by atoms with Gasteiger partial charge >= 0.3 is 0 Å². The van der Waals surface area contributed by atoms with Crippen molar-refractivity contribution in [3.63, 3.8) is 0 Å². The highest BCUT2D eigenvalue weighted by molar-refractivity contribution is 14.0. The third-order valence-electron chi connectivity index (χ3n) is 5.14. The summed E-state index contributed by atoms with van der Waals surface area (Å²) in [4.78, 5) is 7.25. The summed E-state index contributed by atoms with van der Waals surface area (Å²) in [6.07, 6.45) is 10.8. The monoisotopic (exact) mass is 491 g/mol. The molecule has 27 heavy (non-hydrogen) atoms. The third kappa shape index (κ3) is 8.76. The van der Waals surface area contributed by atoms with Gasteiger partial charge in [0.05, 0.1) is 0 Å². The third-order valence-corrected chi connectivity index (χ3v) is 5.14. The molecule has 0 radical (unpaired) electrons. The van der Waals surface area contributed by atoms with E-state index in [9.17, 15) is 0 Å². The molecule has 0 bridgehead atoms. The molecule has 0 spiro atoms. The van der Waals surface area contributed by atoms with Crippen LogP contribution in [0.1, 0.15) is 58.2 Å². The number of guanidine groups is 1. The van der Waals surface area contributed by atoms with Crippen molar-refractivity contribution >= 4 is 29.9 Å². The zero-order valence-corrected chi connectivity index (χ0v) is 19.6. The van der Waals surface area contributed by atoms with Crippen molar-refractivity contribution in [1.82, 2.24) is 30.3 Å². The fourth-order valence-corrected chi connectivity index (χ4v) is 3.59. The number of halogens is 1. The molecule has 0 atom stereocenters. The van der Waals surface area contributed by atoms with Crippen LogP contribution in [0.25, 0.3) is 0 Å². The Balaban J connectivity index is 0.00000364. The highest BCUT2D eigenvalue weighted by Crippen LogP contribution is 2.21. The molecule has 1 fully saturated rings. The molecular weight excluding hydrogens is 453 g/mol. The normalized spacial score (nSPS) is 15.6. The summed E-state index contributed by atoms with van der Waals surface area (Å²) in [7, 11) is 2.27. The van der Waals surface area contributed by atoms with Gasteiger partial charge in [-0.3, -0.25) is 4.99 Å². The largest absolute Gasteiger partial charge is 0.357 e. The first-order valence-electron chi connectivity index (χ1n) is 10.3. The SMILES string of the molecule is CCNC(=NCCCN(C)C1CCCCC1)NCCn1cnnc1CC.I. The molecular formula is C19H38IN7. The summed E-state index contributed by atoms with van der Waals surface area (Å²) in [5.74, 6) is 1.93. The zero-order valence-electron chi connectivity index (χ0n) is 17.3. The van der Waals surface area contributed by atoms with Gasteiger partial charge in [0.1, 0.15) is 12.2 Å². The summed E-state index contributed by atoms with van der Waals surface area (Å²) in [6, 6.07) is 0.788. The van der Waals surface area contributed by atoms with E-state index in [0.29, 0.717) is 0 Å². The van der Waals surface area contributed by atoms with E-state index in [1.807, 2.05) is 0 Å². The van der Waals surface area contributed by atoms with E-state index in [4.69, 9.17) is 4.99 Å². The molecule has 2 N–H and O–H groups in total. The Morgan fingerprint density at radius 3 is 2.74 bits per heavy atom. The second-order valence-electron chi connectivity index (χ2n) is 7.11. The van der Waals surface area contributed by atoms with Crippen molar-refractivity contribution in [2.24, 2.45) is 4.99 Å². The van der Waals surface area contributed by atoms with Gasteiger partial charge in [0, 0.05) is 38.6 Å². The first kappa shape index (κ1) is 24.1. The maximum Gasteiger partial charge on any atom is 0.191 e. The fraction of sp³-hybridized carbons (Fsp3) is 0.842. The molecule has 1 heterocycles. The molecule has 1 aliphatic carbocycles. The van der Waals surface area contributed by atoms with Crippen molar-refractivity contribution in [3.8, 4) is 0 Å². The Morgan fingerprint density at radius 2 is 2.04 bits per heavy atom. The zero-order chi connectivity index (χ0) is 18.6. The summed E-state index contributed by atoms with van der Waals surface area (Å²) < 4.78 is 2.09. The van der Waals surface area contributed by atoms with Crippen molar-refractivity contribution in [2.75, 3.05) is 33.2 Å². The molecule has 1 aromatic rings. The summed E-state index contributed by atoms with van der Waals surface area (Å²) >= 11 is 0. The lowest BCUT2D eigenvalue weighted by molar-refractivity contribution is 0.191. The van der Waals surface area contributed by atoms with Crippen LogP contribution in [0.3, 0.4) is 0 Å². The topological polar surface area (TPSA) is 70.4 Å². The van der Waals surface area contributed by atoms with Crippen LogP contribution in [-0.2, 0) is 13.0 Å². The van der Waals surface area contributed by atoms with Crippen LogP contribution in [0.4, 0.5) is 0 Å². The summed E-state index contributed by atoms with van der Waals surface area (Å²) in [5.41, 5.74) is 0. The molecule has 156 valence electrons. The van der Waals surface area contributed by atoms with E-state index in [1.54, 1.807) is 6.33 Å². The first-order valence-corrected chi connectivity index (χ1v) is 10.3. The number of rotatable bonds is 10. The van der Waals surface area contributed by atoms with Gasteiger partial charge in [0.25, 0.3) is 0 Å². The molecule has 0 unspecified atom stereocenters. The fourth-order valence-electron chi connectivity index (χ4n) is 3.59. The predicted molar refractivity (Wildman–Crippen MR) is 123 cm³/mol. The van der Waals surface area contributed by atoms with Gasteiger partial charge in [-0.15, -0.1) is 34.2 Å². The van der Waals surface area contributed by atoms with Crippen LogP contribution >= 0.6 is 24.0 Å². The Kier molecular flexibility index (Phi) is 12.6. The molecule has 1 aliphatic rings. The van der Waals surface area contributed by atoms with Gasteiger partial charge in [-0.25, -0.2) is 0 Å². The van der Waals surface area contributed by atoms with Gasteiger partial charge in [-0.2, -0.15) is 0 Å². The molecule has 1 aromatic heterocycles. The summed E-state index contributed by atoms with van der Waals surface area (Å²) in [5, 5.41) is 14.8. The van der Waals surface area contributed by atoms with E-state index in [-0.39, 0.29) is 24.0 Å². The van der Waals surface area contributed by atoms with Gasteiger partial charge < -0.3 is 20.1 Å². The number of aryl methyl sites for hydroxylation is 1. The van der Waals surface area contributed by atoms with Crippen molar-refractivity contribution < 1.29 is 0 Å². The lowest BCUT2D eigenvalue weighted by Crippen LogP contribution is -2.39. The molecule has 7 nitrogen and oxygen atoms in total. The molecule has 1 saturated carbocycles. The minimum Gasteiger partial charge on any atom is -0.357 e. The average Bonchev–Trinajstić information content (AvgIpc) is 3.13. The second kappa shape index (κ2) is 14.1. The van der Waals surface area contributed by atoms with Crippen molar-refractivity contribution in [3.05, 3.63) is 12.2 Å². The average molecular weight is 491 g/mol. The second-order valence-corrected chi connectivity index (χ2v) is 7.11. The van der Waals surface area contributed by atoms with Gasteiger partial charge in [0.2, 0.25) is 0 Å². The standard InChI is InChI=1S/C19H37N7.HI/c1-4-18-24-23-16-26(18)15-13-22-19(20-5-2)21-12-9-14-25(3)17-10-7-6-8-11-17;/h16-17H,4-15H2,1-3H3,(H2,20,21,22);1H. The van der Waals surface area contributed by atoms with Crippen molar-refractivity contribution in [2.45, 2.75) is 71.4 Å². The van der Waals surface area contributed by atoms with E-state index < -0.39 is 0 Å². The Bertz CT molecular complexity index is 526. The van der Waals surface area contributed by atoms with Gasteiger partial charge in [0.15, 0.2) is 5.96 Å². The Morgan fingerprint density at radius 1 is 1.26 bits per heavy atom.